The third-order valence-corrected chi connectivity index (χ3v) is 2.56. The Labute approximate surface area is 105 Å². The number of hydrogen-bond acceptors (Lipinski definition) is 4. The van der Waals surface area contributed by atoms with Crippen molar-refractivity contribution >= 4 is 17.5 Å². The van der Waals surface area contributed by atoms with Crippen LogP contribution < -0.4 is 4.90 Å². The number of carboxylic acid groups (broad SMARTS) is 1. The summed E-state index contributed by atoms with van der Waals surface area (Å²) in [5, 5.41) is 9.19. The van der Waals surface area contributed by atoms with Crippen molar-refractivity contribution in [1.29, 1.82) is 0 Å². The lowest BCUT2D eigenvalue weighted by Crippen LogP contribution is -2.35. The van der Waals surface area contributed by atoms with E-state index in [0.717, 1.165) is 0 Å². The molecule has 0 radical (unpaired) electrons. The number of nitrogens with zero attached hydrogens (tertiary/aromatic N) is 3. The summed E-state index contributed by atoms with van der Waals surface area (Å²) in [5.41, 5.74) is 0.700. The molecule has 1 atom stereocenters. The lowest BCUT2D eigenvalue weighted by molar-refractivity contribution is -0.138. The first kappa shape index (κ1) is 12.0. The number of aromatic nitrogens is 2. The zero-order chi connectivity index (χ0) is 13.0. The number of hydrogen-bond donors (Lipinski definition) is 1. The summed E-state index contributed by atoms with van der Waals surface area (Å²) in [6, 6.07) is 8.23. The van der Waals surface area contributed by atoms with Gasteiger partial charge in [-0.25, -0.2) is 9.78 Å². The Bertz CT molecular complexity index is 477. The van der Waals surface area contributed by atoms with Crippen LogP contribution in [0.15, 0.2) is 48.9 Å². The molecular formula is C13H13N3O2. The molecule has 5 nitrogen and oxygen atoms in total. The van der Waals surface area contributed by atoms with Crippen LogP contribution in [0.2, 0.25) is 0 Å². The lowest BCUT2D eigenvalue weighted by Gasteiger charge is -2.27. The normalized spacial score (nSPS) is 11.8. The first-order valence-corrected chi connectivity index (χ1v) is 5.53. The Balaban J connectivity index is 2.45. The molecule has 2 heterocycles. The van der Waals surface area contributed by atoms with Gasteiger partial charge in [0.15, 0.2) is 0 Å². The van der Waals surface area contributed by atoms with Crippen molar-refractivity contribution in [1.82, 2.24) is 9.97 Å². The second kappa shape index (κ2) is 5.27. The summed E-state index contributed by atoms with van der Waals surface area (Å²) in [4.78, 5) is 21.0. The van der Waals surface area contributed by atoms with Gasteiger partial charge < -0.3 is 10.0 Å². The van der Waals surface area contributed by atoms with E-state index in [9.17, 15) is 9.90 Å². The summed E-state index contributed by atoms with van der Waals surface area (Å²) in [6.45, 7) is 1.62. The fraction of sp³-hybridized carbons (Fsp3) is 0.154. The first-order chi connectivity index (χ1) is 8.70. The zero-order valence-corrected chi connectivity index (χ0v) is 9.89. The summed E-state index contributed by atoms with van der Waals surface area (Å²) < 4.78 is 0. The van der Waals surface area contributed by atoms with Crippen LogP contribution in [0.25, 0.3) is 0 Å². The predicted octanol–water partition coefficient (Wildman–Crippen LogP) is 2.09. The molecule has 1 N–H and O–H groups in total. The van der Waals surface area contributed by atoms with Crippen LogP contribution in [-0.2, 0) is 4.79 Å². The largest absolute Gasteiger partial charge is 0.480 e. The van der Waals surface area contributed by atoms with Crippen molar-refractivity contribution < 1.29 is 9.90 Å². The molecule has 2 aromatic heterocycles. The minimum absolute atomic E-state index is 0.584. The van der Waals surface area contributed by atoms with Crippen LogP contribution >= 0.6 is 0 Å². The molecular weight excluding hydrogens is 230 g/mol. The highest BCUT2D eigenvalue weighted by molar-refractivity contribution is 5.81. The van der Waals surface area contributed by atoms with Crippen LogP contribution in [0.3, 0.4) is 0 Å². The van der Waals surface area contributed by atoms with Crippen LogP contribution in [0.1, 0.15) is 6.92 Å². The van der Waals surface area contributed by atoms with Gasteiger partial charge in [0.2, 0.25) is 0 Å². The Hall–Kier alpha value is -2.43. The standard InChI is InChI=1S/C13H13N3O2/c1-10(13(17)18)16(11-5-4-7-14-9-11)12-6-2-3-8-15-12/h2-10H,1H3,(H,17,18). The van der Waals surface area contributed by atoms with E-state index >= 15 is 0 Å². The van der Waals surface area contributed by atoms with Gasteiger partial charge in [-0.3, -0.25) is 4.98 Å². The maximum Gasteiger partial charge on any atom is 0.326 e. The molecule has 92 valence electrons. The Morgan fingerprint density at radius 2 is 2.11 bits per heavy atom. The molecule has 0 fully saturated rings. The molecule has 0 spiro atoms. The van der Waals surface area contributed by atoms with Gasteiger partial charge in [-0.15, -0.1) is 0 Å². The van der Waals surface area contributed by atoms with Crippen molar-refractivity contribution in [2.75, 3.05) is 4.90 Å². The number of rotatable bonds is 4. The second-order valence-electron chi connectivity index (χ2n) is 3.78. The highest BCUT2D eigenvalue weighted by Crippen LogP contribution is 2.24. The highest BCUT2D eigenvalue weighted by atomic mass is 16.4. The number of anilines is 2. The topological polar surface area (TPSA) is 66.3 Å². The van der Waals surface area contributed by atoms with Gasteiger partial charge >= 0.3 is 5.97 Å². The SMILES string of the molecule is CC(C(=O)O)N(c1cccnc1)c1ccccn1. The van der Waals surface area contributed by atoms with E-state index in [1.165, 1.54) is 0 Å². The molecule has 0 aliphatic rings. The Morgan fingerprint density at radius 3 is 2.67 bits per heavy atom. The van der Waals surface area contributed by atoms with Crippen LogP contribution in [0, 0.1) is 0 Å². The van der Waals surface area contributed by atoms with Crippen molar-refractivity contribution in [2.45, 2.75) is 13.0 Å². The van der Waals surface area contributed by atoms with Gasteiger partial charge in [-0.1, -0.05) is 6.07 Å². The third kappa shape index (κ3) is 2.45. The van der Waals surface area contributed by atoms with E-state index in [4.69, 9.17) is 0 Å². The minimum Gasteiger partial charge on any atom is -0.480 e. The summed E-state index contributed by atoms with van der Waals surface area (Å²) in [6.07, 6.45) is 4.90. The lowest BCUT2D eigenvalue weighted by atomic mass is 10.2. The molecule has 0 aliphatic heterocycles. The molecule has 0 saturated carbocycles. The molecule has 5 heteroatoms. The van der Waals surface area contributed by atoms with E-state index in [1.807, 2.05) is 6.07 Å². The van der Waals surface area contributed by atoms with Gasteiger partial charge in [0.25, 0.3) is 0 Å². The van der Waals surface area contributed by atoms with Gasteiger partial charge in [-0.05, 0) is 31.2 Å². The van der Waals surface area contributed by atoms with E-state index in [0.29, 0.717) is 11.5 Å². The van der Waals surface area contributed by atoms with Crippen molar-refractivity contribution in [3.8, 4) is 0 Å². The zero-order valence-electron chi connectivity index (χ0n) is 9.89. The quantitative estimate of drug-likeness (QED) is 0.890. The van der Waals surface area contributed by atoms with Gasteiger partial charge in [-0.2, -0.15) is 0 Å². The maximum atomic E-state index is 11.2. The minimum atomic E-state index is -0.912. The monoisotopic (exact) mass is 243 g/mol. The first-order valence-electron chi connectivity index (χ1n) is 5.53. The molecule has 18 heavy (non-hydrogen) atoms. The number of carboxylic acids is 1. The average Bonchev–Trinajstić information content (AvgIpc) is 2.41. The number of carbonyl (C=O) groups is 1. The van der Waals surface area contributed by atoms with E-state index in [-0.39, 0.29) is 0 Å². The molecule has 0 aromatic carbocycles. The molecule has 0 amide bonds. The number of aliphatic carboxylic acids is 1. The maximum absolute atomic E-state index is 11.2. The smallest absolute Gasteiger partial charge is 0.326 e. The fourth-order valence-electron chi connectivity index (χ4n) is 1.66. The second-order valence-corrected chi connectivity index (χ2v) is 3.78. The fourth-order valence-corrected chi connectivity index (χ4v) is 1.66. The molecule has 1 unspecified atom stereocenters. The van der Waals surface area contributed by atoms with Crippen molar-refractivity contribution in [2.24, 2.45) is 0 Å². The van der Waals surface area contributed by atoms with E-state index in [1.54, 1.807) is 54.7 Å². The van der Waals surface area contributed by atoms with Crippen LogP contribution in [0.4, 0.5) is 11.5 Å². The Morgan fingerprint density at radius 1 is 1.28 bits per heavy atom. The molecule has 2 rings (SSSR count). The van der Waals surface area contributed by atoms with Gasteiger partial charge in [0, 0.05) is 12.4 Å². The van der Waals surface area contributed by atoms with E-state index < -0.39 is 12.0 Å². The summed E-state index contributed by atoms with van der Waals surface area (Å²) >= 11 is 0. The number of pyridine rings is 2. The molecule has 0 aliphatic carbocycles. The van der Waals surface area contributed by atoms with Crippen molar-refractivity contribution in [3.05, 3.63) is 48.9 Å². The molecule has 0 bridgehead atoms. The van der Waals surface area contributed by atoms with Crippen LogP contribution in [0.5, 0.6) is 0 Å². The van der Waals surface area contributed by atoms with Gasteiger partial charge in [0.05, 0.1) is 11.9 Å². The van der Waals surface area contributed by atoms with Gasteiger partial charge in [0.1, 0.15) is 11.9 Å². The summed E-state index contributed by atoms with van der Waals surface area (Å²) in [5.74, 6) is -0.329. The van der Waals surface area contributed by atoms with Crippen LogP contribution in [-0.4, -0.2) is 27.1 Å². The third-order valence-electron chi connectivity index (χ3n) is 2.56. The predicted molar refractivity (Wildman–Crippen MR) is 67.7 cm³/mol. The summed E-state index contributed by atoms with van der Waals surface area (Å²) in [7, 11) is 0. The van der Waals surface area contributed by atoms with Crippen molar-refractivity contribution in [3.63, 3.8) is 0 Å². The average molecular weight is 243 g/mol. The highest BCUT2D eigenvalue weighted by Gasteiger charge is 2.23. The molecule has 2 aromatic rings. The Kier molecular flexibility index (Phi) is 3.52. The van der Waals surface area contributed by atoms with E-state index in [2.05, 4.69) is 9.97 Å². The molecule has 0 saturated heterocycles.